The standard InChI is InChI=1S/C19H22N2O4/c1-4-5-7-18(22)20-12-6-13-21(20)19(23)11-8-15-14-16(24-2)9-10-17(15)25-3/h1,8-11,14H,5-7,12-13H2,2-3H3. The number of benzene rings is 1. The van der Waals surface area contributed by atoms with E-state index >= 15 is 0 Å². The molecule has 1 aromatic carbocycles. The van der Waals surface area contributed by atoms with E-state index < -0.39 is 0 Å². The number of hydrogen-bond donors (Lipinski definition) is 0. The summed E-state index contributed by atoms with van der Waals surface area (Å²) in [5.74, 6) is 3.36. The van der Waals surface area contributed by atoms with Crippen LogP contribution < -0.4 is 9.47 Å². The maximum atomic E-state index is 12.5. The molecule has 6 heteroatoms. The fraction of sp³-hybridized carbons (Fsp3) is 0.368. The van der Waals surface area contributed by atoms with Crippen LogP contribution in [0, 0.1) is 12.3 Å². The van der Waals surface area contributed by atoms with Gasteiger partial charge in [0.05, 0.1) is 14.2 Å². The van der Waals surface area contributed by atoms with E-state index in [2.05, 4.69) is 5.92 Å². The van der Waals surface area contributed by atoms with Crippen LogP contribution in [0.1, 0.15) is 24.8 Å². The monoisotopic (exact) mass is 342 g/mol. The van der Waals surface area contributed by atoms with Crippen LogP contribution in [-0.2, 0) is 9.59 Å². The summed E-state index contributed by atoms with van der Waals surface area (Å²) in [6.07, 6.45) is 9.66. The number of carbonyl (C=O) groups is 2. The van der Waals surface area contributed by atoms with Gasteiger partial charge in [0.25, 0.3) is 5.91 Å². The summed E-state index contributed by atoms with van der Waals surface area (Å²) in [6, 6.07) is 5.33. The number of ether oxygens (including phenoxy) is 2. The van der Waals surface area contributed by atoms with Gasteiger partial charge in [0, 0.05) is 37.6 Å². The summed E-state index contributed by atoms with van der Waals surface area (Å²) >= 11 is 0. The minimum absolute atomic E-state index is 0.129. The van der Waals surface area contributed by atoms with Gasteiger partial charge < -0.3 is 9.47 Å². The second-order valence-corrected chi connectivity index (χ2v) is 5.48. The van der Waals surface area contributed by atoms with Gasteiger partial charge in [-0.15, -0.1) is 12.3 Å². The third kappa shape index (κ3) is 4.54. The number of terminal acetylenes is 1. The molecule has 132 valence electrons. The highest BCUT2D eigenvalue weighted by Gasteiger charge is 2.28. The summed E-state index contributed by atoms with van der Waals surface area (Å²) in [4.78, 5) is 24.6. The van der Waals surface area contributed by atoms with E-state index in [4.69, 9.17) is 15.9 Å². The lowest BCUT2D eigenvalue weighted by atomic mass is 10.1. The molecule has 25 heavy (non-hydrogen) atoms. The lowest BCUT2D eigenvalue weighted by molar-refractivity contribution is -0.154. The van der Waals surface area contributed by atoms with Crippen LogP contribution in [0.15, 0.2) is 24.3 Å². The van der Waals surface area contributed by atoms with Gasteiger partial charge in [-0.1, -0.05) is 0 Å². The topological polar surface area (TPSA) is 59.1 Å². The van der Waals surface area contributed by atoms with Crippen molar-refractivity contribution in [3.8, 4) is 23.8 Å². The molecule has 1 saturated heterocycles. The molecule has 2 rings (SSSR count). The van der Waals surface area contributed by atoms with Crippen LogP contribution >= 0.6 is 0 Å². The van der Waals surface area contributed by atoms with Gasteiger partial charge in [-0.25, -0.2) is 5.01 Å². The Bertz CT molecular complexity index is 706. The maximum absolute atomic E-state index is 12.5. The zero-order valence-corrected chi connectivity index (χ0v) is 14.5. The van der Waals surface area contributed by atoms with Crippen molar-refractivity contribution in [2.24, 2.45) is 0 Å². The minimum Gasteiger partial charge on any atom is -0.497 e. The maximum Gasteiger partial charge on any atom is 0.265 e. The summed E-state index contributed by atoms with van der Waals surface area (Å²) in [5, 5.41) is 2.94. The van der Waals surface area contributed by atoms with Gasteiger partial charge in [-0.2, -0.15) is 0 Å². The molecule has 1 aliphatic heterocycles. The molecule has 0 N–H and O–H groups in total. The van der Waals surface area contributed by atoms with Crippen LogP contribution in [0.2, 0.25) is 0 Å². The Morgan fingerprint density at radius 2 is 2.00 bits per heavy atom. The van der Waals surface area contributed by atoms with E-state index in [9.17, 15) is 9.59 Å². The smallest absolute Gasteiger partial charge is 0.265 e. The van der Waals surface area contributed by atoms with Crippen molar-refractivity contribution in [2.45, 2.75) is 19.3 Å². The van der Waals surface area contributed by atoms with E-state index in [-0.39, 0.29) is 18.2 Å². The highest BCUT2D eigenvalue weighted by Crippen LogP contribution is 2.25. The van der Waals surface area contributed by atoms with Crippen LogP contribution in [-0.4, -0.2) is 49.1 Å². The molecular weight excluding hydrogens is 320 g/mol. The molecule has 2 amide bonds. The van der Waals surface area contributed by atoms with Crippen molar-refractivity contribution in [3.63, 3.8) is 0 Å². The van der Waals surface area contributed by atoms with Gasteiger partial charge in [-0.05, 0) is 30.7 Å². The fourth-order valence-electron chi connectivity index (χ4n) is 2.63. The third-order valence-corrected chi connectivity index (χ3v) is 3.90. The molecule has 0 saturated carbocycles. The van der Waals surface area contributed by atoms with Crippen LogP contribution in [0.4, 0.5) is 0 Å². The largest absolute Gasteiger partial charge is 0.497 e. The molecule has 0 bridgehead atoms. The minimum atomic E-state index is -0.253. The summed E-state index contributed by atoms with van der Waals surface area (Å²) in [5.41, 5.74) is 0.722. The molecule has 1 aromatic rings. The predicted molar refractivity (Wildman–Crippen MR) is 94.7 cm³/mol. The number of hydrazine groups is 1. The van der Waals surface area contributed by atoms with Crippen LogP contribution in [0.25, 0.3) is 6.08 Å². The molecule has 0 radical (unpaired) electrons. The molecule has 1 fully saturated rings. The van der Waals surface area contributed by atoms with Crippen molar-refractivity contribution in [2.75, 3.05) is 27.3 Å². The molecule has 1 aliphatic rings. The highest BCUT2D eigenvalue weighted by atomic mass is 16.5. The molecule has 0 unspecified atom stereocenters. The molecular formula is C19H22N2O4. The Morgan fingerprint density at radius 1 is 1.24 bits per heavy atom. The zero-order chi connectivity index (χ0) is 18.2. The van der Waals surface area contributed by atoms with E-state index in [0.717, 1.165) is 12.0 Å². The Labute approximate surface area is 148 Å². The molecule has 1 heterocycles. The Hall–Kier alpha value is -2.94. The number of methoxy groups -OCH3 is 2. The quantitative estimate of drug-likeness (QED) is 0.587. The lowest BCUT2D eigenvalue weighted by Gasteiger charge is -2.26. The number of nitrogens with zero attached hydrogens (tertiary/aromatic N) is 2. The Morgan fingerprint density at radius 3 is 2.68 bits per heavy atom. The molecule has 0 atom stereocenters. The van der Waals surface area contributed by atoms with Crippen molar-refractivity contribution < 1.29 is 19.1 Å². The predicted octanol–water partition coefficient (Wildman–Crippen LogP) is 2.11. The van der Waals surface area contributed by atoms with Crippen molar-refractivity contribution in [1.82, 2.24) is 10.0 Å². The first-order valence-electron chi connectivity index (χ1n) is 8.06. The first-order valence-corrected chi connectivity index (χ1v) is 8.06. The van der Waals surface area contributed by atoms with Gasteiger partial charge in [-0.3, -0.25) is 14.6 Å². The Kier molecular flexibility index (Phi) is 6.47. The van der Waals surface area contributed by atoms with E-state index in [1.165, 1.54) is 16.1 Å². The first-order chi connectivity index (χ1) is 12.1. The molecule has 0 aliphatic carbocycles. The average molecular weight is 342 g/mol. The lowest BCUT2D eigenvalue weighted by Crippen LogP contribution is -2.44. The van der Waals surface area contributed by atoms with Gasteiger partial charge in [0.1, 0.15) is 11.5 Å². The fourth-order valence-corrected chi connectivity index (χ4v) is 2.63. The first kappa shape index (κ1) is 18.4. The van der Waals surface area contributed by atoms with Gasteiger partial charge >= 0.3 is 0 Å². The molecule has 6 nitrogen and oxygen atoms in total. The SMILES string of the molecule is C#CCCC(=O)N1CCCN1C(=O)C=Cc1cc(OC)ccc1OC. The Balaban J connectivity index is 2.12. The van der Waals surface area contributed by atoms with Crippen LogP contribution in [0.5, 0.6) is 11.5 Å². The van der Waals surface area contributed by atoms with Crippen LogP contribution in [0.3, 0.4) is 0 Å². The van der Waals surface area contributed by atoms with Gasteiger partial charge in [0.15, 0.2) is 0 Å². The highest BCUT2D eigenvalue weighted by molar-refractivity contribution is 5.93. The second-order valence-electron chi connectivity index (χ2n) is 5.48. The number of hydrogen-bond acceptors (Lipinski definition) is 4. The molecule has 0 spiro atoms. The van der Waals surface area contributed by atoms with Gasteiger partial charge in [0.2, 0.25) is 5.91 Å². The van der Waals surface area contributed by atoms with E-state index in [1.54, 1.807) is 38.5 Å². The summed E-state index contributed by atoms with van der Waals surface area (Å²) < 4.78 is 10.5. The third-order valence-electron chi connectivity index (χ3n) is 3.90. The number of amides is 2. The van der Waals surface area contributed by atoms with Crippen molar-refractivity contribution >= 4 is 17.9 Å². The van der Waals surface area contributed by atoms with Crippen molar-refractivity contribution in [3.05, 3.63) is 29.8 Å². The van der Waals surface area contributed by atoms with Crippen molar-refractivity contribution in [1.29, 1.82) is 0 Å². The number of carbonyl (C=O) groups excluding carboxylic acids is 2. The second kappa shape index (κ2) is 8.78. The number of rotatable bonds is 6. The summed E-state index contributed by atoms with van der Waals surface area (Å²) in [6.45, 7) is 1.05. The van der Waals surface area contributed by atoms with E-state index in [1.807, 2.05) is 0 Å². The normalized spacial score (nSPS) is 13.8. The zero-order valence-electron chi connectivity index (χ0n) is 14.5. The van der Waals surface area contributed by atoms with E-state index in [0.29, 0.717) is 31.0 Å². The molecule has 0 aromatic heterocycles. The summed E-state index contributed by atoms with van der Waals surface area (Å²) in [7, 11) is 3.14. The average Bonchev–Trinajstić information content (AvgIpc) is 3.13.